The highest BCUT2D eigenvalue weighted by Gasteiger charge is 2.16. The van der Waals surface area contributed by atoms with Gasteiger partial charge < -0.3 is 10.1 Å². The van der Waals surface area contributed by atoms with E-state index in [2.05, 4.69) is 21.2 Å². The van der Waals surface area contributed by atoms with Gasteiger partial charge in [-0.1, -0.05) is 28.1 Å². The third-order valence-corrected chi connectivity index (χ3v) is 3.12. The molecule has 5 nitrogen and oxygen atoms in total. The molecule has 0 heterocycles. The summed E-state index contributed by atoms with van der Waals surface area (Å²) in [4.78, 5) is 10.5. The molecule has 0 aliphatic rings. The first-order valence-corrected chi connectivity index (χ1v) is 6.75. The van der Waals surface area contributed by atoms with Gasteiger partial charge in [-0.05, 0) is 30.8 Å². The number of nitro groups is 1. The first-order chi connectivity index (χ1) is 9.60. The second kappa shape index (κ2) is 6.49. The third kappa shape index (κ3) is 3.55. The zero-order valence-corrected chi connectivity index (χ0v) is 12.4. The lowest BCUT2D eigenvalue weighted by atomic mass is 10.2. The number of ether oxygens (including phenoxy) is 1. The van der Waals surface area contributed by atoms with Crippen LogP contribution in [-0.2, 0) is 6.54 Å². The zero-order chi connectivity index (χ0) is 14.5. The predicted molar refractivity (Wildman–Crippen MR) is 80.1 cm³/mol. The van der Waals surface area contributed by atoms with E-state index in [0.29, 0.717) is 12.3 Å². The highest BCUT2D eigenvalue weighted by atomic mass is 79.9. The van der Waals surface area contributed by atoms with E-state index in [1.165, 1.54) is 6.07 Å². The van der Waals surface area contributed by atoms with Gasteiger partial charge in [0, 0.05) is 23.2 Å². The Bertz CT molecular complexity index is 632. The number of nitrogens with one attached hydrogen (secondary N) is 1. The van der Waals surface area contributed by atoms with Gasteiger partial charge in [-0.3, -0.25) is 10.1 Å². The van der Waals surface area contributed by atoms with Crippen LogP contribution in [0.5, 0.6) is 11.5 Å². The van der Waals surface area contributed by atoms with Crippen LogP contribution in [0.4, 0.5) is 5.69 Å². The van der Waals surface area contributed by atoms with Crippen molar-refractivity contribution in [2.45, 2.75) is 6.54 Å². The highest BCUT2D eigenvalue weighted by Crippen LogP contribution is 2.33. The van der Waals surface area contributed by atoms with E-state index in [9.17, 15) is 10.1 Å². The molecular weight excluding hydrogens is 324 g/mol. The first kappa shape index (κ1) is 14.5. The van der Waals surface area contributed by atoms with Crippen molar-refractivity contribution >= 4 is 21.6 Å². The van der Waals surface area contributed by atoms with Crippen molar-refractivity contribution < 1.29 is 9.66 Å². The Hall–Kier alpha value is -1.92. The van der Waals surface area contributed by atoms with Gasteiger partial charge in [-0.15, -0.1) is 0 Å². The van der Waals surface area contributed by atoms with Crippen molar-refractivity contribution in [2.75, 3.05) is 7.05 Å². The molecule has 0 aliphatic heterocycles. The number of halogens is 1. The molecule has 0 unspecified atom stereocenters. The summed E-state index contributed by atoms with van der Waals surface area (Å²) < 4.78 is 6.37. The Kier molecular flexibility index (Phi) is 4.70. The summed E-state index contributed by atoms with van der Waals surface area (Å²) in [5.41, 5.74) is 0.981. The van der Waals surface area contributed by atoms with E-state index in [4.69, 9.17) is 4.74 Å². The second-order valence-electron chi connectivity index (χ2n) is 4.15. The minimum absolute atomic E-state index is 0.0628. The van der Waals surface area contributed by atoms with Crippen LogP contribution in [0.1, 0.15) is 5.56 Å². The number of hydrogen-bond acceptors (Lipinski definition) is 4. The van der Waals surface area contributed by atoms with Crippen molar-refractivity contribution in [3.63, 3.8) is 0 Å². The number of hydrogen-bond donors (Lipinski definition) is 1. The molecule has 0 aliphatic carbocycles. The van der Waals surface area contributed by atoms with Gasteiger partial charge in [-0.2, -0.15) is 0 Å². The normalized spacial score (nSPS) is 10.3. The Labute approximate surface area is 124 Å². The molecule has 1 N–H and O–H groups in total. The maximum absolute atomic E-state index is 11.0. The van der Waals surface area contributed by atoms with Crippen LogP contribution in [0, 0.1) is 10.1 Å². The van der Waals surface area contributed by atoms with E-state index in [-0.39, 0.29) is 11.4 Å². The summed E-state index contributed by atoms with van der Waals surface area (Å²) in [6, 6.07) is 12.0. The quantitative estimate of drug-likeness (QED) is 0.664. The monoisotopic (exact) mass is 336 g/mol. The van der Waals surface area contributed by atoms with Crippen LogP contribution in [0.2, 0.25) is 0 Å². The molecule has 0 spiro atoms. The minimum atomic E-state index is -0.459. The Balaban J connectivity index is 2.31. The maximum Gasteiger partial charge on any atom is 0.311 e. The molecule has 0 bridgehead atoms. The lowest BCUT2D eigenvalue weighted by Gasteiger charge is -2.08. The molecule has 2 aromatic rings. The molecule has 0 atom stereocenters. The van der Waals surface area contributed by atoms with Crippen LogP contribution < -0.4 is 10.1 Å². The van der Waals surface area contributed by atoms with Gasteiger partial charge >= 0.3 is 5.69 Å². The van der Waals surface area contributed by atoms with E-state index in [1.54, 1.807) is 18.2 Å². The minimum Gasteiger partial charge on any atom is -0.450 e. The van der Waals surface area contributed by atoms with Crippen LogP contribution in [0.25, 0.3) is 0 Å². The summed E-state index contributed by atoms with van der Waals surface area (Å²) in [6.07, 6.45) is 0. The van der Waals surface area contributed by atoms with Gasteiger partial charge in [0.1, 0.15) is 5.75 Å². The number of benzene rings is 2. The molecular formula is C14H13BrN2O3. The molecule has 20 heavy (non-hydrogen) atoms. The topological polar surface area (TPSA) is 64.4 Å². The predicted octanol–water partition coefficient (Wildman–Crippen LogP) is 3.87. The Morgan fingerprint density at radius 1 is 1.30 bits per heavy atom. The number of rotatable bonds is 5. The van der Waals surface area contributed by atoms with E-state index >= 15 is 0 Å². The molecule has 0 saturated heterocycles. The summed E-state index contributed by atoms with van der Waals surface area (Å²) >= 11 is 3.29. The summed E-state index contributed by atoms with van der Waals surface area (Å²) in [7, 11) is 1.85. The van der Waals surface area contributed by atoms with Gasteiger partial charge in [0.2, 0.25) is 5.75 Å². The van der Waals surface area contributed by atoms with Gasteiger partial charge in [0.05, 0.1) is 4.92 Å². The van der Waals surface area contributed by atoms with Crippen molar-refractivity contribution in [1.29, 1.82) is 0 Å². The molecule has 0 radical (unpaired) electrons. The average molecular weight is 337 g/mol. The van der Waals surface area contributed by atoms with Crippen LogP contribution >= 0.6 is 15.9 Å². The summed E-state index contributed by atoms with van der Waals surface area (Å²) in [5, 5.41) is 14.0. The SMILES string of the molecule is CNCc1cccc(Oc2cc(Br)ccc2[N+](=O)[O-])c1. The molecule has 0 aromatic heterocycles. The van der Waals surface area contributed by atoms with E-state index in [1.807, 2.05) is 25.2 Å². The largest absolute Gasteiger partial charge is 0.450 e. The van der Waals surface area contributed by atoms with Crippen molar-refractivity contribution in [3.8, 4) is 11.5 Å². The fourth-order valence-electron chi connectivity index (χ4n) is 1.77. The zero-order valence-electron chi connectivity index (χ0n) is 10.8. The van der Waals surface area contributed by atoms with E-state index in [0.717, 1.165) is 10.0 Å². The van der Waals surface area contributed by atoms with Gasteiger partial charge in [-0.25, -0.2) is 0 Å². The molecule has 0 fully saturated rings. The fraction of sp³-hybridized carbons (Fsp3) is 0.143. The molecule has 2 rings (SSSR count). The van der Waals surface area contributed by atoms with Crippen LogP contribution in [-0.4, -0.2) is 12.0 Å². The van der Waals surface area contributed by atoms with Gasteiger partial charge in [0.25, 0.3) is 0 Å². The molecule has 6 heteroatoms. The average Bonchev–Trinajstić information content (AvgIpc) is 2.39. The van der Waals surface area contributed by atoms with Crippen LogP contribution in [0.15, 0.2) is 46.9 Å². The van der Waals surface area contributed by atoms with Crippen LogP contribution in [0.3, 0.4) is 0 Å². The maximum atomic E-state index is 11.0. The lowest BCUT2D eigenvalue weighted by molar-refractivity contribution is -0.385. The van der Waals surface area contributed by atoms with Crippen molar-refractivity contribution in [3.05, 3.63) is 62.6 Å². The number of nitro benzene ring substituents is 1. The highest BCUT2D eigenvalue weighted by molar-refractivity contribution is 9.10. The fourth-order valence-corrected chi connectivity index (χ4v) is 2.11. The standard InChI is InChI=1S/C14H13BrN2O3/c1-16-9-10-3-2-4-12(7-10)20-14-8-11(15)5-6-13(14)17(18)19/h2-8,16H,9H2,1H3. The van der Waals surface area contributed by atoms with Crippen molar-refractivity contribution in [2.24, 2.45) is 0 Å². The third-order valence-electron chi connectivity index (χ3n) is 2.63. The molecule has 0 saturated carbocycles. The second-order valence-corrected chi connectivity index (χ2v) is 5.06. The Morgan fingerprint density at radius 2 is 2.10 bits per heavy atom. The first-order valence-electron chi connectivity index (χ1n) is 5.95. The summed E-state index contributed by atoms with van der Waals surface area (Å²) in [5.74, 6) is 0.782. The van der Waals surface area contributed by atoms with Crippen molar-refractivity contribution in [1.82, 2.24) is 5.32 Å². The lowest BCUT2D eigenvalue weighted by Crippen LogP contribution is -2.04. The number of nitrogens with zero attached hydrogens (tertiary/aromatic N) is 1. The smallest absolute Gasteiger partial charge is 0.311 e. The Morgan fingerprint density at radius 3 is 2.80 bits per heavy atom. The molecule has 0 amide bonds. The molecule has 2 aromatic carbocycles. The van der Waals surface area contributed by atoms with E-state index < -0.39 is 4.92 Å². The van der Waals surface area contributed by atoms with Gasteiger partial charge in [0.15, 0.2) is 0 Å². The molecule has 104 valence electrons. The summed E-state index contributed by atoms with van der Waals surface area (Å²) in [6.45, 7) is 0.706.